The molecular weight excluding hydrogens is 484 g/mol. The Bertz CT molecular complexity index is 2100. The number of hydrogen-bond donors (Lipinski definition) is 0. The lowest BCUT2D eigenvalue weighted by Crippen LogP contribution is -2.03. The van der Waals surface area contributed by atoms with E-state index in [1.165, 1.54) is 20.2 Å². The first kappa shape index (κ1) is 21.4. The molecule has 0 fully saturated rings. The van der Waals surface area contributed by atoms with Gasteiger partial charge in [0.25, 0.3) is 0 Å². The van der Waals surface area contributed by atoms with Crippen LogP contribution >= 0.6 is 11.3 Å². The summed E-state index contributed by atoms with van der Waals surface area (Å²) in [6.07, 6.45) is 13.9. The molecule has 0 unspecified atom stereocenters. The smallest absolute Gasteiger partial charge is 0.162 e. The van der Waals surface area contributed by atoms with Gasteiger partial charge in [0.15, 0.2) is 5.82 Å². The van der Waals surface area contributed by atoms with E-state index in [0.29, 0.717) is 0 Å². The van der Waals surface area contributed by atoms with Gasteiger partial charge in [0.05, 0.1) is 21.4 Å². The highest BCUT2D eigenvalue weighted by Crippen LogP contribution is 2.41. The molecule has 8 rings (SSSR count). The third-order valence-electron chi connectivity index (χ3n) is 7.17. The summed E-state index contributed by atoms with van der Waals surface area (Å²) in [5.41, 5.74) is 6.40. The number of aromatic nitrogens is 4. The topological polar surface area (TPSA) is 35.1 Å². The fourth-order valence-electron chi connectivity index (χ4n) is 5.42. The molecule has 0 saturated heterocycles. The van der Waals surface area contributed by atoms with Crippen molar-refractivity contribution in [3.8, 4) is 17.2 Å². The van der Waals surface area contributed by atoms with Gasteiger partial charge in [-0.1, -0.05) is 91.0 Å². The molecule has 0 amide bonds. The van der Waals surface area contributed by atoms with Gasteiger partial charge in [-0.2, -0.15) is 0 Å². The van der Waals surface area contributed by atoms with Crippen molar-refractivity contribution in [2.45, 2.75) is 6.42 Å². The molecule has 3 aromatic carbocycles. The van der Waals surface area contributed by atoms with Gasteiger partial charge in [0.1, 0.15) is 11.5 Å². The summed E-state index contributed by atoms with van der Waals surface area (Å²) in [5.74, 6) is 1.58. The largest absolute Gasteiger partial charge is 0.299 e. The molecule has 0 saturated carbocycles. The minimum Gasteiger partial charge on any atom is -0.299 e. The summed E-state index contributed by atoms with van der Waals surface area (Å²) in [5, 5.41) is 2.57. The van der Waals surface area contributed by atoms with Crippen LogP contribution in [0.4, 0.5) is 0 Å². The van der Waals surface area contributed by atoms with Crippen molar-refractivity contribution in [1.82, 2.24) is 18.9 Å². The Morgan fingerprint density at radius 2 is 1.58 bits per heavy atom. The number of thiophene rings is 1. The van der Waals surface area contributed by atoms with Crippen LogP contribution in [-0.4, -0.2) is 18.9 Å². The van der Waals surface area contributed by atoms with Gasteiger partial charge in [0, 0.05) is 38.9 Å². The molecule has 4 heterocycles. The van der Waals surface area contributed by atoms with Crippen molar-refractivity contribution < 1.29 is 0 Å². The van der Waals surface area contributed by atoms with E-state index in [2.05, 4.69) is 112 Å². The van der Waals surface area contributed by atoms with Crippen LogP contribution in [0.2, 0.25) is 0 Å². The molecule has 0 bridgehead atoms. The number of allylic oxidation sites excluding steroid dienone is 6. The van der Waals surface area contributed by atoms with E-state index in [9.17, 15) is 0 Å². The fraction of sp³-hybridized carbons (Fsp3) is 0.0303. The highest BCUT2D eigenvalue weighted by atomic mass is 32.1. The summed E-state index contributed by atoms with van der Waals surface area (Å²) < 4.78 is 7.19. The van der Waals surface area contributed by atoms with Gasteiger partial charge in [-0.05, 0) is 24.6 Å². The molecule has 4 nitrogen and oxygen atoms in total. The molecule has 0 atom stereocenters. The Morgan fingerprint density at radius 3 is 2.50 bits per heavy atom. The molecule has 0 radical (unpaired) electrons. The van der Waals surface area contributed by atoms with Crippen molar-refractivity contribution >= 4 is 53.8 Å². The minimum atomic E-state index is 0.718. The second kappa shape index (κ2) is 8.40. The van der Waals surface area contributed by atoms with Gasteiger partial charge < -0.3 is 0 Å². The van der Waals surface area contributed by atoms with Crippen LogP contribution in [0.15, 0.2) is 122 Å². The molecule has 0 N–H and O–H groups in total. The number of para-hydroxylation sites is 2. The van der Waals surface area contributed by atoms with Crippen molar-refractivity contribution in [1.29, 1.82) is 0 Å². The molecule has 5 heteroatoms. The number of rotatable bonds is 3. The quantitative estimate of drug-likeness (QED) is 0.240. The molecule has 180 valence electrons. The maximum atomic E-state index is 5.18. The van der Waals surface area contributed by atoms with Crippen molar-refractivity contribution in [2.75, 3.05) is 0 Å². The first-order valence-electron chi connectivity index (χ1n) is 12.8. The number of imidazole rings is 1. The lowest BCUT2D eigenvalue weighted by atomic mass is 10.1. The van der Waals surface area contributed by atoms with E-state index < -0.39 is 0 Å². The van der Waals surface area contributed by atoms with Gasteiger partial charge in [0.2, 0.25) is 0 Å². The van der Waals surface area contributed by atoms with Crippen LogP contribution in [0.1, 0.15) is 12.1 Å². The lowest BCUT2D eigenvalue weighted by Gasteiger charge is -2.11. The summed E-state index contributed by atoms with van der Waals surface area (Å²) >= 11 is 1.84. The van der Waals surface area contributed by atoms with Crippen molar-refractivity contribution in [3.63, 3.8) is 0 Å². The Morgan fingerprint density at radius 1 is 0.763 bits per heavy atom. The maximum absolute atomic E-state index is 5.18. The first-order valence-corrected chi connectivity index (χ1v) is 13.6. The van der Waals surface area contributed by atoms with Crippen LogP contribution < -0.4 is 0 Å². The summed E-state index contributed by atoms with van der Waals surface area (Å²) in [6, 6.07) is 29.6. The van der Waals surface area contributed by atoms with Crippen LogP contribution in [-0.2, 0) is 0 Å². The second-order valence-electron chi connectivity index (χ2n) is 9.48. The number of fused-ring (bicyclic) bond motifs is 7. The predicted octanol–water partition coefficient (Wildman–Crippen LogP) is 8.61. The second-order valence-corrected chi connectivity index (χ2v) is 10.5. The molecule has 0 aliphatic heterocycles. The van der Waals surface area contributed by atoms with Gasteiger partial charge >= 0.3 is 0 Å². The van der Waals surface area contributed by atoms with Gasteiger partial charge in [-0.25, -0.2) is 9.97 Å². The first-order chi connectivity index (χ1) is 18.8. The zero-order chi connectivity index (χ0) is 25.1. The molecule has 1 aliphatic carbocycles. The summed E-state index contributed by atoms with van der Waals surface area (Å²) in [7, 11) is 0. The van der Waals surface area contributed by atoms with E-state index in [0.717, 1.165) is 51.6 Å². The van der Waals surface area contributed by atoms with Crippen LogP contribution in [0.25, 0.3) is 59.6 Å². The monoisotopic (exact) mass is 506 g/mol. The number of hydrogen-bond acceptors (Lipinski definition) is 3. The van der Waals surface area contributed by atoms with E-state index in [1.54, 1.807) is 0 Å². The van der Waals surface area contributed by atoms with E-state index >= 15 is 0 Å². The average molecular weight is 507 g/mol. The SMILES string of the molecule is C1=CCC=CC(c2cc(-n3c4ccccc4n4cc5c6ccccc6sc5c34)nc(-c3ccccc3)n2)=C1. The normalized spacial score (nSPS) is 13.6. The number of nitrogens with zero attached hydrogens (tertiary/aromatic N) is 4. The average Bonchev–Trinajstić information content (AvgIpc) is 3.51. The fourth-order valence-corrected chi connectivity index (χ4v) is 6.63. The van der Waals surface area contributed by atoms with Crippen molar-refractivity contribution in [3.05, 3.63) is 127 Å². The van der Waals surface area contributed by atoms with Gasteiger partial charge in [-0.3, -0.25) is 8.97 Å². The Balaban J connectivity index is 1.49. The van der Waals surface area contributed by atoms with Crippen molar-refractivity contribution in [2.24, 2.45) is 0 Å². The van der Waals surface area contributed by atoms with E-state index in [1.807, 2.05) is 29.5 Å². The van der Waals surface area contributed by atoms with E-state index in [-0.39, 0.29) is 0 Å². The van der Waals surface area contributed by atoms with Crippen LogP contribution in [0, 0.1) is 0 Å². The summed E-state index contributed by atoms with van der Waals surface area (Å²) in [6.45, 7) is 0. The Kier molecular flexibility index (Phi) is 4.72. The lowest BCUT2D eigenvalue weighted by molar-refractivity contribution is 1.03. The maximum Gasteiger partial charge on any atom is 0.162 e. The highest BCUT2D eigenvalue weighted by molar-refractivity contribution is 7.26. The highest BCUT2D eigenvalue weighted by Gasteiger charge is 2.21. The minimum absolute atomic E-state index is 0.718. The zero-order valence-corrected chi connectivity index (χ0v) is 21.3. The zero-order valence-electron chi connectivity index (χ0n) is 20.5. The summed E-state index contributed by atoms with van der Waals surface area (Å²) in [4.78, 5) is 10.2. The molecule has 0 spiro atoms. The molecule has 38 heavy (non-hydrogen) atoms. The molecular formula is C33H22N4S. The van der Waals surface area contributed by atoms with Gasteiger partial charge in [-0.15, -0.1) is 11.3 Å². The van der Waals surface area contributed by atoms with Crippen LogP contribution in [0.3, 0.4) is 0 Å². The van der Waals surface area contributed by atoms with Crippen LogP contribution in [0.5, 0.6) is 0 Å². The number of benzene rings is 3. The third-order valence-corrected chi connectivity index (χ3v) is 8.35. The predicted molar refractivity (Wildman–Crippen MR) is 159 cm³/mol. The molecule has 4 aromatic heterocycles. The molecule has 1 aliphatic rings. The van der Waals surface area contributed by atoms with E-state index in [4.69, 9.17) is 9.97 Å². The standard InChI is InChI=1S/C33H22N4S/c1-2-5-13-22(12-4-1)26-20-30(35-32(34-26)23-14-6-3-7-15-23)37-28-18-10-9-17-27(28)36-21-25-24-16-8-11-19-29(24)38-31(25)33(36)37/h1,3-21H,2H2. The third kappa shape index (κ3) is 3.22. The Labute approximate surface area is 223 Å². The Hall–Kier alpha value is -4.74. The molecule has 7 aromatic rings.